The molecule has 0 saturated carbocycles. The van der Waals surface area contributed by atoms with E-state index in [1.165, 1.54) is 0 Å². The van der Waals surface area contributed by atoms with Crippen molar-refractivity contribution in [3.63, 3.8) is 0 Å². The first-order valence-electron chi connectivity index (χ1n) is 30.8. The summed E-state index contributed by atoms with van der Waals surface area (Å²) in [6, 6.07) is -4.88. The van der Waals surface area contributed by atoms with E-state index in [9.17, 15) is 20.6 Å². The summed E-state index contributed by atoms with van der Waals surface area (Å²) >= 11 is 0.617. The van der Waals surface area contributed by atoms with E-state index in [0.717, 1.165) is 9.13 Å². The molecule has 0 radical (unpaired) electrons. The van der Waals surface area contributed by atoms with Gasteiger partial charge in [-0.15, -0.1) is 11.3 Å². The van der Waals surface area contributed by atoms with E-state index < -0.39 is 225 Å². The van der Waals surface area contributed by atoms with Crippen LogP contribution in [-0.4, -0.2) is 17.2 Å². The molecule has 4 heteroatoms. The van der Waals surface area contributed by atoms with Crippen LogP contribution in [0.25, 0.3) is 75.2 Å². The van der Waals surface area contributed by atoms with Gasteiger partial charge in [0.25, 0.3) is 0 Å². The molecule has 0 unspecified atom stereocenters. The van der Waals surface area contributed by atoms with Crippen LogP contribution in [0, 0.1) is 0 Å². The predicted octanol–water partition coefficient (Wildman–Crippen LogP) is 11.6. The number of thiophene rings is 1. The smallest absolute Gasteiger partial charge is 0.179 e. The molecule has 0 atom stereocenters. The molecule has 0 saturated heterocycles. The SMILES string of the molecule is [2H]c1c([2H])c([2H])c([Si](c2ccccc2)(c2ccccc2)c2c([2H])c([2H])c([2H])c(-n3c4c([2H])c([2H])c([2H])c([2H])c4c4c([2H])c(-n5c6c([2H])c([2H])c([2H])c([2H])c6c6c([2H])c([2H])c([2H])c([2H])c65)c5sc6c([2H])c([2H])c([2H])c([2H])c6c5c43)c2[2H])c([2H])c1[2H]. The van der Waals surface area contributed by atoms with Gasteiger partial charge >= 0.3 is 0 Å². The normalized spacial score (nSPS) is 18.4. The molecule has 3 heterocycles. The number of para-hydroxylation sites is 3. The molecule has 0 spiro atoms. The second-order valence-electron chi connectivity index (χ2n) is 13.3. The van der Waals surface area contributed by atoms with Crippen molar-refractivity contribution in [2.75, 3.05) is 0 Å². The van der Waals surface area contributed by atoms with Gasteiger partial charge in [0.05, 0.1) is 68.1 Å². The minimum Gasteiger partial charge on any atom is -0.309 e. The van der Waals surface area contributed by atoms with Crippen LogP contribution in [0.5, 0.6) is 0 Å². The Morgan fingerprint density at radius 1 is 0.414 bits per heavy atom. The summed E-state index contributed by atoms with van der Waals surface area (Å²) in [5.41, 5.74) is -3.23. The van der Waals surface area contributed by atoms with Crippen LogP contribution in [0.4, 0.5) is 0 Å². The highest BCUT2D eigenvalue weighted by Gasteiger charge is 2.41. The summed E-state index contributed by atoms with van der Waals surface area (Å²) in [6.07, 6.45) is 0. The van der Waals surface area contributed by atoms with E-state index in [1.807, 2.05) is 0 Å². The predicted molar refractivity (Wildman–Crippen MR) is 252 cm³/mol. The Hall–Kier alpha value is -6.98. The molecular formula is C54H36N2SSi. The molecule has 0 aliphatic rings. The minimum atomic E-state index is -4.91. The lowest BCUT2D eigenvalue weighted by atomic mass is 10.1. The average molecular weight is 799 g/mol. The second kappa shape index (κ2) is 13.0. The van der Waals surface area contributed by atoms with Gasteiger partial charge in [-0.3, -0.25) is 0 Å². The molecule has 0 N–H and O–H groups in total. The van der Waals surface area contributed by atoms with E-state index in [0.29, 0.717) is 11.3 Å². The van der Waals surface area contributed by atoms with Crippen LogP contribution in [0.3, 0.4) is 0 Å². The first kappa shape index (κ1) is 16.5. The zero-order valence-electron chi connectivity index (χ0n) is 55.6. The second-order valence-corrected chi connectivity index (χ2v) is 17.9. The van der Waals surface area contributed by atoms with Crippen molar-refractivity contribution >= 4 is 104 Å². The molecule has 0 aliphatic heterocycles. The Bertz CT molecular complexity index is 4890. The molecule has 58 heavy (non-hydrogen) atoms. The zero-order valence-corrected chi connectivity index (χ0v) is 31.4. The Morgan fingerprint density at radius 3 is 1.57 bits per heavy atom. The Labute approximate surface area is 377 Å². The molecule has 3 aromatic heterocycles. The Kier molecular flexibility index (Phi) is 3.70. The fourth-order valence-electron chi connectivity index (χ4n) is 8.08. The lowest BCUT2D eigenvalue weighted by Gasteiger charge is -2.34. The Morgan fingerprint density at radius 2 is 0.931 bits per heavy atom. The highest BCUT2D eigenvalue weighted by Crippen LogP contribution is 2.47. The van der Waals surface area contributed by atoms with Crippen LogP contribution >= 0.6 is 11.3 Å². The average Bonchev–Trinajstić information content (AvgIpc) is 1.44. The fraction of sp³-hybridized carbons (Fsp3) is 0. The van der Waals surface area contributed by atoms with Crippen molar-refractivity contribution < 1.29 is 35.6 Å². The number of hydrogen-bond acceptors (Lipinski definition) is 1. The maximum atomic E-state index is 10.7. The highest BCUT2D eigenvalue weighted by molar-refractivity contribution is 7.26. The zero-order chi connectivity index (χ0) is 60.8. The van der Waals surface area contributed by atoms with Crippen LogP contribution < -0.4 is 20.7 Å². The van der Waals surface area contributed by atoms with Crippen molar-refractivity contribution in [3.8, 4) is 11.4 Å². The number of benzene rings is 9. The molecule has 0 amide bonds. The van der Waals surface area contributed by atoms with Gasteiger partial charge in [-0.05, 0) is 63.0 Å². The van der Waals surface area contributed by atoms with Gasteiger partial charge in [-0.2, -0.15) is 0 Å². The molecule has 2 nitrogen and oxygen atoms in total. The van der Waals surface area contributed by atoms with Gasteiger partial charge in [0, 0.05) is 42.7 Å². The molecule has 9 aromatic carbocycles. The van der Waals surface area contributed by atoms with Crippen LogP contribution in [0.1, 0.15) is 35.6 Å². The monoisotopic (exact) mass is 798 g/mol. The lowest BCUT2D eigenvalue weighted by Crippen LogP contribution is -2.74. The molecule has 0 fully saturated rings. The van der Waals surface area contributed by atoms with Crippen molar-refractivity contribution in [2.45, 2.75) is 0 Å². The third-order valence-corrected chi connectivity index (χ3v) is 15.9. The molecule has 12 rings (SSSR count). The summed E-state index contributed by atoms with van der Waals surface area (Å²) in [5, 5.41) is -2.88. The lowest BCUT2D eigenvalue weighted by molar-refractivity contribution is 1.18. The summed E-state index contributed by atoms with van der Waals surface area (Å²) in [6.45, 7) is 0. The fourth-order valence-corrected chi connectivity index (χ4v) is 13.4. The Balaban J connectivity index is 1.43. The number of hydrogen-bond donors (Lipinski definition) is 0. The first-order valence-corrected chi connectivity index (χ1v) is 20.6. The standard InChI is InChI=1S/C54H36N2SSi/c1-4-20-38(21-5-1)58(39-22-6-2-7-23-39,40-24-8-3-9-25-40)41-26-18-19-37(35-41)55-47-31-14-12-29-44(47)46-36-50(54-52(53(46)55)45-30-13-17-34-51(45)57-54)56-48-32-15-10-27-42(48)43-28-11-16-33-49(43)56/h1-36H/i1D,4D,5D,10D,11D,12D,13D,14D,15D,16D,17D,18D,19D,20D,21D,26D,27D,28D,29D,30D,31D,32D,33D,34D,35D,36D. The molecule has 0 bridgehead atoms. The summed E-state index contributed by atoms with van der Waals surface area (Å²) in [5.74, 6) is 0. The van der Waals surface area contributed by atoms with E-state index in [1.54, 1.807) is 60.7 Å². The number of nitrogens with zero attached hydrogens (tertiary/aromatic N) is 2. The van der Waals surface area contributed by atoms with E-state index >= 15 is 0 Å². The van der Waals surface area contributed by atoms with Gasteiger partial charge in [0.2, 0.25) is 0 Å². The topological polar surface area (TPSA) is 9.86 Å². The van der Waals surface area contributed by atoms with Crippen LogP contribution in [-0.2, 0) is 0 Å². The van der Waals surface area contributed by atoms with Crippen molar-refractivity contribution in [1.82, 2.24) is 9.13 Å². The summed E-state index contributed by atoms with van der Waals surface area (Å²) in [7, 11) is -4.91. The molecule has 0 aliphatic carbocycles. The van der Waals surface area contributed by atoms with Crippen molar-refractivity contribution in [1.29, 1.82) is 0 Å². The van der Waals surface area contributed by atoms with Crippen LogP contribution in [0.15, 0.2) is 218 Å². The number of rotatable bonds is 6. The quantitative estimate of drug-likeness (QED) is 0.117. The maximum Gasteiger partial charge on any atom is 0.179 e. The molecular weight excluding hydrogens is 737 g/mol. The van der Waals surface area contributed by atoms with Crippen molar-refractivity contribution in [2.24, 2.45) is 0 Å². The van der Waals surface area contributed by atoms with Gasteiger partial charge in [0.1, 0.15) is 0 Å². The number of fused-ring (bicyclic) bond motifs is 10. The van der Waals surface area contributed by atoms with Crippen molar-refractivity contribution in [3.05, 3.63) is 218 Å². The van der Waals surface area contributed by atoms with Gasteiger partial charge < -0.3 is 9.13 Å². The first-order chi connectivity index (χ1) is 39.6. The van der Waals surface area contributed by atoms with E-state index in [4.69, 9.17) is 15.1 Å². The maximum absolute atomic E-state index is 10.7. The highest BCUT2D eigenvalue weighted by atomic mass is 32.1. The van der Waals surface area contributed by atoms with Gasteiger partial charge in [0.15, 0.2) is 8.07 Å². The molecule has 272 valence electrons. The van der Waals surface area contributed by atoms with Gasteiger partial charge in [-0.25, -0.2) is 0 Å². The molecule has 12 aromatic rings. The number of aromatic nitrogens is 2. The van der Waals surface area contributed by atoms with E-state index in [2.05, 4.69) is 0 Å². The van der Waals surface area contributed by atoms with Gasteiger partial charge in [-0.1, -0.05) is 175 Å². The third kappa shape index (κ3) is 4.70. The third-order valence-electron chi connectivity index (χ3n) is 10.4. The van der Waals surface area contributed by atoms with Crippen LogP contribution in [0.2, 0.25) is 0 Å². The summed E-state index contributed by atoms with van der Waals surface area (Å²) in [4.78, 5) is 0. The van der Waals surface area contributed by atoms with E-state index in [-0.39, 0.29) is 35.7 Å². The largest absolute Gasteiger partial charge is 0.309 e. The summed E-state index contributed by atoms with van der Waals surface area (Å²) < 4.78 is 245. The minimum absolute atomic E-state index is 0.228.